The van der Waals surface area contributed by atoms with E-state index in [-0.39, 0.29) is 28.4 Å². The van der Waals surface area contributed by atoms with E-state index in [1.807, 2.05) is 0 Å². The number of likely N-dealkylation sites (tertiary alicyclic amines) is 1. The van der Waals surface area contributed by atoms with E-state index in [1.165, 1.54) is 16.6 Å². The number of amides is 1. The molecule has 12 heteroatoms. The number of alkyl halides is 3. The van der Waals surface area contributed by atoms with Gasteiger partial charge >= 0.3 is 6.18 Å². The molecule has 0 spiro atoms. The third-order valence-electron chi connectivity index (χ3n) is 5.78. The molecule has 1 amide bonds. The normalized spacial score (nSPS) is 17.7. The number of anilines is 1. The molecule has 4 aromatic rings. The lowest BCUT2D eigenvalue weighted by molar-refractivity contribution is -0.136. The highest BCUT2D eigenvalue weighted by atomic mass is 19.4. The molecule has 172 valence electrons. The first-order valence-corrected chi connectivity index (χ1v) is 10.5. The Labute approximate surface area is 186 Å². The van der Waals surface area contributed by atoms with Gasteiger partial charge < -0.3 is 10.2 Å². The zero-order valence-electron chi connectivity index (χ0n) is 18.0. The van der Waals surface area contributed by atoms with Crippen LogP contribution in [-0.4, -0.2) is 59.8 Å². The molecule has 4 heterocycles. The van der Waals surface area contributed by atoms with Gasteiger partial charge in [-0.1, -0.05) is 6.07 Å². The van der Waals surface area contributed by atoms with Crippen LogP contribution >= 0.6 is 0 Å². The van der Waals surface area contributed by atoms with Gasteiger partial charge in [-0.2, -0.15) is 22.8 Å². The summed E-state index contributed by atoms with van der Waals surface area (Å²) in [4.78, 5) is 23.2. The fourth-order valence-electron chi connectivity index (χ4n) is 4.10. The smallest absolute Gasteiger partial charge is 0.344 e. The van der Waals surface area contributed by atoms with Crippen molar-refractivity contribution in [2.45, 2.75) is 31.5 Å². The third-order valence-corrected chi connectivity index (χ3v) is 5.78. The molecule has 0 radical (unpaired) electrons. The second-order valence-electron chi connectivity index (χ2n) is 8.16. The molecule has 1 aliphatic heterocycles. The number of carbonyl (C=O) groups excluding carboxylic acids is 1. The van der Waals surface area contributed by atoms with Gasteiger partial charge in [-0.05, 0) is 31.4 Å². The van der Waals surface area contributed by atoms with Crippen LogP contribution in [0.15, 0.2) is 30.6 Å². The van der Waals surface area contributed by atoms with Crippen molar-refractivity contribution < 1.29 is 18.0 Å². The maximum absolute atomic E-state index is 13.8. The van der Waals surface area contributed by atoms with E-state index >= 15 is 0 Å². The summed E-state index contributed by atoms with van der Waals surface area (Å²) in [7, 11) is 3.45. The first-order chi connectivity index (χ1) is 15.7. The average Bonchev–Trinajstić information content (AvgIpc) is 3.37. The number of aromatic nitrogens is 6. The van der Waals surface area contributed by atoms with Crippen molar-refractivity contribution in [3.05, 3.63) is 36.2 Å². The lowest BCUT2D eigenvalue weighted by atomic mass is 10.1. The van der Waals surface area contributed by atoms with E-state index in [2.05, 4.69) is 25.5 Å². The summed E-state index contributed by atoms with van der Waals surface area (Å²) in [6.45, 7) is 0.629. The van der Waals surface area contributed by atoms with Gasteiger partial charge in [-0.25, -0.2) is 9.97 Å². The molecule has 1 N–H and O–H groups in total. The van der Waals surface area contributed by atoms with Crippen LogP contribution in [0, 0.1) is 0 Å². The summed E-state index contributed by atoms with van der Waals surface area (Å²) in [6, 6.07) is 3.21. The predicted octanol–water partition coefficient (Wildman–Crippen LogP) is 3.12. The van der Waals surface area contributed by atoms with Crippen molar-refractivity contribution >= 4 is 28.4 Å². The zero-order valence-corrected chi connectivity index (χ0v) is 18.0. The molecule has 0 aliphatic carbocycles. The van der Waals surface area contributed by atoms with E-state index < -0.39 is 17.8 Å². The Morgan fingerprint density at radius 3 is 2.70 bits per heavy atom. The monoisotopic (exact) mass is 458 g/mol. The number of aryl methyl sites for hydroxylation is 1. The number of benzene rings is 1. The van der Waals surface area contributed by atoms with E-state index in [4.69, 9.17) is 0 Å². The Morgan fingerprint density at radius 2 is 1.97 bits per heavy atom. The van der Waals surface area contributed by atoms with Crippen molar-refractivity contribution in [3.8, 4) is 11.4 Å². The lowest BCUT2D eigenvalue weighted by Gasteiger charge is -2.21. The van der Waals surface area contributed by atoms with Crippen molar-refractivity contribution in [2.75, 3.05) is 18.9 Å². The molecule has 3 aromatic heterocycles. The number of para-hydroxylation sites is 1. The highest BCUT2D eigenvalue weighted by molar-refractivity contribution is 5.95. The average molecular weight is 458 g/mol. The van der Waals surface area contributed by atoms with Crippen LogP contribution < -0.4 is 5.32 Å². The fourth-order valence-corrected chi connectivity index (χ4v) is 4.10. The van der Waals surface area contributed by atoms with Crippen LogP contribution in [0.5, 0.6) is 0 Å². The molecular formula is C21H21F3N8O. The SMILES string of the molecule is CN1CCCC[C@@H](Nc2nc3c(C(F)(F)F)cccc3c3nc(-c4cnn(C)c4)nn23)C1=O. The highest BCUT2D eigenvalue weighted by Crippen LogP contribution is 2.36. The maximum atomic E-state index is 13.8. The molecule has 1 aliphatic rings. The Kier molecular flexibility index (Phi) is 4.94. The van der Waals surface area contributed by atoms with Gasteiger partial charge in [0.2, 0.25) is 11.9 Å². The summed E-state index contributed by atoms with van der Waals surface area (Å²) >= 11 is 0. The number of fused-ring (bicyclic) bond motifs is 3. The minimum absolute atomic E-state index is 0.0329. The van der Waals surface area contributed by atoms with Crippen molar-refractivity contribution in [2.24, 2.45) is 7.05 Å². The Hall–Kier alpha value is -3.70. The summed E-state index contributed by atoms with van der Waals surface area (Å²) in [5.41, 5.74) is -0.306. The second kappa shape index (κ2) is 7.71. The molecular weight excluding hydrogens is 437 g/mol. The molecule has 1 saturated heterocycles. The van der Waals surface area contributed by atoms with E-state index in [0.717, 1.165) is 18.9 Å². The van der Waals surface area contributed by atoms with Crippen molar-refractivity contribution in [1.82, 2.24) is 34.3 Å². The molecule has 1 atom stereocenters. The summed E-state index contributed by atoms with van der Waals surface area (Å²) in [6.07, 6.45) is 0.872. The predicted molar refractivity (Wildman–Crippen MR) is 114 cm³/mol. The van der Waals surface area contributed by atoms with Gasteiger partial charge in [-0.15, -0.1) is 5.10 Å². The first-order valence-electron chi connectivity index (χ1n) is 10.5. The maximum Gasteiger partial charge on any atom is 0.418 e. The molecule has 5 rings (SSSR count). The fraction of sp³-hybridized carbons (Fsp3) is 0.381. The number of hydrogen-bond acceptors (Lipinski definition) is 6. The number of rotatable bonds is 3. The van der Waals surface area contributed by atoms with Gasteiger partial charge in [-0.3, -0.25) is 9.48 Å². The van der Waals surface area contributed by atoms with Crippen molar-refractivity contribution in [3.63, 3.8) is 0 Å². The molecule has 33 heavy (non-hydrogen) atoms. The minimum Gasteiger partial charge on any atom is -0.344 e. The van der Waals surface area contributed by atoms with Gasteiger partial charge in [0.15, 0.2) is 11.5 Å². The molecule has 0 unspecified atom stereocenters. The largest absolute Gasteiger partial charge is 0.418 e. The number of nitrogens with one attached hydrogen (secondary N) is 1. The van der Waals surface area contributed by atoms with Gasteiger partial charge in [0.1, 0.15) is 6.04 Å². The summed E-state index contributed by atoms with van der Waals surface area (Å²) < 4.78 is 44.3. The van der Waals surface area contributed by atoms with Gasteiger partial charge in [0.25, 0.3) is 0 Å². The number of carbonyl (C=O) groups is 1. The molecule has 1 aromatic carbocycles. The Bertz CT molecular complexity index is 1360. The molecule has 0 bridgehead atoms. The van der Waals surface area contributed by atoms with Crippen LogP contribution in [0.4, 0.5) is 19.1 Å². The number of likely N-dealkylation sites (N-methyl/N-ethyl adjacent to an activating group) is 1. The Balaban J connectivity index is 1.73. The van der Waals surface area contributed by atoms with Gasteiger partial charge in [0.05, 0.1) is 22.8 Å². The highest BCUT2D eigenvalue weighted by Gasteiger charge is 2.34. The van der Waals surface area contributed by atoms with Crippen LogP contribution in [0.3, 0.4) is 0 Å². The minimum atomic E-state index is -4.60. The quantitative estimate of drug-likeness (QED) is 0.507. The van der Waals surface area contributed by atoms with Crippen LogP contribution in [-0.2, 0) is 18.0 Å². The topological polar surface area (TPSA) is 93.2 Å². The van der Waals surface area contributed by atoms with Crippen LogP contribution in [0.1, 0.15) is 24.8 Å². The van der Waals surface area contributed by atoms with Crippen molar-refractivity contribution in [1.29, 1.82) is 0 Å². The molecule has 1 fully saturated rings. The van der Waals surface area contributed by atoms with E-state index in [9.17, 15) is 18.0 Å². The molecule has 0 saturated carbocycles. The lowest BCUT2D eigenvalue weighted by Crippen LogP contribution is -2.39. The molecule has 9 nitrogen and oxygen atoms in total. The Morgan fingerprint density at radius 1 is 1.15 bits per heavy atom. The zero-order chi connectivity index (χ0) is 23.3. The summed E-state index contributed by atoms with van der Waals surface area (Å²) in [5.74, 6) is 0.187. The number of nitrogens with zero attached hydrogens (tertiary/aromatic N) is 7. The van der Waals surface area contributed by atoms with Crippen LogP contribution in [0.25, 0.3) is 27.9 Å². The number of halogens is 3. The van der Waals surface area contributed by atoms with E-state index in [1.54, 1.807) is 36.1 Å². The number of hydrogen-bond donors (Lipinski definition) is 1. The third kappa shape index (κ3) is 3.74. The summed E-state index contributed by atoms with van der Waals surface area (Å²) in [5, 5.41) is 11.9. The standard InChI is InChI=1S/C21H21F3N8O/c1-30-9-4-3-8-15(19(30)33)26-20-27-16-13(6-5-7-14(16)21(22,23)24)18-28-17(29-32(18)20)12-10-25-31(2)11-12/h5-7,10-11,15H,3-4,8-9H2,1-2H3,(H,26,27)/t15-/m1/s1. The van der Waals surface area contributed by atoms with Gasteiger partial charge in [0, 0.05) is 32.2 Å². The van der Waals surface area contributed by atoms with E-state index in [0.29, 0.717) is 24.4 Å². The van der Waals surface area contributed by atoms with Crippen LogP contribution in [0.2, 0.25) is 0 Å². The first kappa shape index (κ1) is 21.2. The second-order valence-corrected chi connectivity index (χ2v) is 8.16.